The van der Waals surface area contributed by atoms with Gasteiger partial charge in [-0.1, -0.05) is 0 Å². The quantitative estimate of drug-likeness (QED) is 0.333. The molecule has 0 saturated carbocycles. The molecule has 0 aliphatic carbocycles. The summed E-state index contributed by atoms with van der Waals surface area (Å²) in [4.78, 5) is 0. The van der Waals surface area contributed by atoms with Crippen LogP contribution in [0.1, 0.15) is 25.0 Å². The van der Waals surface area contributed by atoms with Crippen LogP contribution >= 0.6 is 12.3 Å². The topological polar surface area (TPSA) is 77.4 Å². The molecule has 0 aliphatic heterocycles. The third-order valence-electron chi connectivity index (χ3n) is 3.29. The smallest absolute Gasteiger partial charge is 0.292 e. The third-order valence-corrected chi connectivity index (χ3v) is 3.64. The molecule has 0 amide bonds. The van der Waals surface area contributed by atoms with Crippen molar-refractivity contribution in [2.75, 3.05) is 13.2 Å². The lowest BCUT2D eigenvalue weighted by atomic mass is 10.2. The van der Waals surface area contributed by atoms with Crippen LogP contribution in [-0.2, 0) is 17.8 Å². The first kappa shape index (κ1) is 20.4. The van der Waals surface area contributed by atoms with Gasteiger partial charge in [-0.05, 0) is 62.4 Å². The van der Waals surface area contributed by atoms with Crippen molar-refractivity contribution < 1.29 is 28.1 Å². The van der Waals surface area contributed by atoms with E-state index in [0.29, 0.717) is 24.7 Å². The van der Waals surface area contributed by atoms with Crippen LogP contribution in [0.5, 0.6) is 11.5 Å². The molecule has 6 nitrogen and oxygen atoms in total. The third kappa shape index (κ3) is 6.71. The van der Waals surface area contributed by atoms with E-state index >= 15 is 0 Å². The van der Waals surface area contributed by atoms with Crippen LogP contribution in [0.4, 0.5) is 0 Å². The van der Waals surface area contributed by atoms with Gasteiger partial charge >= 0.3 is 0 Å². The Kier molecular flexibility index (Phi) is 8.25. The van der Waals surface area contributed by atoms with Crippen molar-refractivity contribution in [2.45, 2.75) is 13.8 Å². The van der Waals surface area contributed by atoms with Gasteiger partial charge in [0.15, 0.2) is 11.5 Å². The van der Waals surface area contributed by atoms with Gasteiger partial charge in [0, 0.05) is 11.1 Å². The summed E-state index contributed by atoms with van der Waals surface area (Å²) in [7, 11) is 0. The SMILES string of the molecule is CCOC(=COSOC=C(OCC)c1ccc(O)cc1)c1ccc(O)cc1. The minimum absolute atomic E-state index is 0.177. The Morgan fingerprint density at radius 3 is 1.44 bits per heavy atom. The van der Waals surface area contributed by atoms with Crippen molar-refractivity contribution in [1.29, 1.82) is 0 Å². The van der Waals surface area contributed by atoms with Crippen molar-refractivity contribution in [3.8, 4) is 11.5 Å². The van der Waals surface area contributed by atoms with Crippen molar-refractivity contribution in [3.05, 3.63) is 72.2 Å². The van der Waals surface area contributed by atoms with E-state index in [4.69, 9.17) is 17.8 Å². The maximum absolute atomic E-state index is 9.37. The van der Waals surface area contributed by atoms with E-state index in [1.165, 1.54) is 12.5 Å². The second kappa shape index (κ2) is 10.9. The minimum atomic E-state index is 0.177. The average Bonchev–Trinajstić information content (AvgIpc) is 2.67. The first-order valence-electron chi connectivity index (χ1n) is 8.37. The maximum Gasteiger partial charge on any atom is 0.292 e. The summed E-state index contributed by atoms with van der Waals surface area (Å²) in [5.41, 5.74) is 1.54. The van der Waals surface area contributed by atoms with E-state index in [1.54, 1.807) is 48.5 Å². The predicted octanol–water partition coefficient (Wildman–Crippen LogP) is 5.06. The molecule has 0 heterocycles. The van der Waals surface area contributed by atoms with Gasteiger partial charge in [0.1, 0.15) is 24.0 Å². The standard InChI is InChI=1S/C20H22O6S/c1-3-23-19(15-5-9-17(21)10-6-15)13-25-27-26-14-20(24-4-2)16-7-11-18(22)12-8-16/h5-14,21-22H,3-4H2,1-2H3. The van der Waals surface area contributed by atoms with Gasteiger partial charge in [-0.2, -0.15) is 0 Å². The fraction of sp³-hybridized carbons (Fsp3) is 0.200. The van der Waals surface area contributed by atoms with E-state index in [9.17, 15) is 10.2 Å². The molecule has 27 heavy (non-hydrogen) atoms. The van der Waals surface area contributed by atoms with Gasteiger partial charge in [0.25, 0.3) is 12.3 Å². The molecule has 144 valence electrons. The second-order valence-electron chi connectivity index (χ2n) is 5.18. The first-order chi connectivity index (χ1) is 13.1. The molecule has 2 N–H and O–H groups in total. The number of phenolic OH excluding ortho intramolecular Hbond substituents is 2. The fourth-order valence-electron chi connectivity index (χ4n) is 2.08. The minimum Gasteiger partial charge on any atom is -0.508 e. The molecule has 0 spiro atoms. The van der Waals surface area contributed by atoms with Crippen LogP contribution in [0, 0.1) is 0 Å². The molecular formula is C20H22O6S. The lowest BCUT2D eigenvalue weighted by molar-refractivity contribution is 0.285. The van der Waals surface area contributed by atoms with E-state index in [1.807, 2.05) is 13.8 Å². The summed E-state index contributed by atoms with van der Waals surface area (Å²) in [5, 5.41) is 18.7. The average molecular weight is 390 g/mol. The molecule has 0 aromatic heterocycles. The number of rotatable bonds is 10. The number of aromatic hydroxyl groups is 2. The summed E-state index contributed by atoms with van der Waals surface area (Å²) in [6.45, 7) is 4.67. The molecule has 0 atom stereocenters. The highest BCUT2D eigenvalue weighted by Gasteiger charge is 2.05. The maximum atomic E-state index is 9.37. The highest BCUT2D eigenvalue weighted by molar-refractivity contribution is 7.90. The summed E-state index contributed by atoms with van der Waals surface area (Å²) in [5.74, 6) is 1.38. The van der Waals surface area contributed by atoms with Crippen LogP contribution in [0.15, 0.2) is 61.1 Å². The zero-order valence-corrected chi connectivity index (χ0v) is 15.9. The second-order valence-corrected chi connectivity index (χ2v) is 5.71. The lowest BCUT2D eigenvalue weighted by Gasteiger charge is -2.09. The Balaban J connectivity index is 1.97. The number of hydrogen-bond donors (Lipinski definition) is 2. The Hall–Kier alpha value is -2.93. The van der Waals surface area contributed by atoms with Crippen molar-refractivity contribution in [1.82, 2.24) is 0 Å². The highest BCUT2D eigenvalue weighted by atomic mass is 32.2. The summed E-state index contributed by atoms with van der Waals surface area (Å²) in [6.07, 6.45) is 2.85. The van der Waals surface area contributed by atoms with Crippen LogP contribution in [0.25, 0.3) is 11.5 Å². The number of hydrogen-bond acceptors (Lipinski definition) is 7. The highest BCUT2D eigenvalue weighted by Crippen LogP contribution is 2.23. The van der Waals surface area contributed by atoms with Crippen LogP contribution in [-0.4, -0.2) is 23.4 Å². The van der Waals surface area contributed by atoms with E-state index in [2.05, 4.69) is 0 Å². The molecule has 0 unspecified atom stereocenters. The molecule has 2 aromatic rings. The monoisotopic (exact) mass is 390 g/mol. The van der Waals surface area contributed by atoms with E-state index < -0.39 is 0 Å². The molecular weight excluding hydrogens is 368 g/mol. The summed E-state index contributed by atoms with van der Waals surface area (Å²) < 4.78 is 21.7. The lowest BCUT2D eigenvalue weighted by Crippen LogP contribution is -1.93. The van der Waals surface area contributed by atoms with E-state index in [-0.39, 0.29) is 11.5 Å². The van der Waals surface area contributed by atoms with Crippen LogP contribution in [0.3, 0.4) is 0 Å². The Morgan fingerprint density at radius 2 is 1.11 bits per heavy atom. The van der Waals surface area contributed by atoms with Gasteiger partial charge in [-0.3, -0.25) is 0 Å². The predicted molar refractivity (Wildman–Crippen MR) is 105 cm³/mol. The van der Waals surface area contributed by atoms with Gasteiger partial charge in [0.05, 0.1) is 13.2 Å². The Bertz CT molecular complexity index is 688. The first-order valence-corrected chi connectivity index (χ1v) is 9.04. The van der Waals surface area contributed by atoms with Crippen LogP contribution in [0.2, 0.25) is 0 Å². The molecule has 0 fully saturated rings. The van der Waals surface area contributed by atoms with Crippen molar-refractivity contribution >= 4 is 23.8 Å². The fourth-order valence-corrected chi connectivity index (χ4v) is 2.38. The molecule has 2 rings (SSSR count). The normalized spacial score (nSPS) is 11.8. The van der Waals surface area contributed by atoms with E-state index in [0.717, 1.165) is 23.5 Å². The zero-order chi connectivity index (χ0) is 19.5. The molecule has 0 radical (unpaired) electrons. The zero-order valence-electron chi connectivity index (χ0n) is 15.1. The molecule has 2 aromatic carbocycles. The molecule has 0 saturated heterocycles. The van der Waals surface area contributed by atoms with Crippen LogP contribution < -0.4 is 0 Å². The summed E-state index contributed by atoms with van der Waals surface area (Å²) >= 11 is 0.746. The molecule has 0 bridgehead atoms. The number of benzene rings is 2. The van der Waals surface area contributed by atoms with Crippen molar-refractivity contribution in [2.24, 2.45) is 0 Å². The number of ether oxygens (including phenoxy) is 2. The van der Waals surface area contributed by atoms with Gasteiger partial charge in [-0.15, -0.1) is 0 Å². The molecule has 0 aliphatic rings. The van der Waals surface area contributed by atoms with Crippen molar-refractivity contribution in [3.63, 3.8) is 0 Å². The van der Waals surface area contributed by atoms with Gasteiger partial charge in [0.2, 0.25) is 0 Å². The molecule has 7 heteroatoms. The summed E-state index contributed by atoms with van der Waals surface area (Å²) in [6, 6.07) is 13.2. The Labute approximate surface area is 163 Å². The van der Waals surface area contributed by atoms with Gasteiger partial charge < -0.3 is 28.1 Å². The number of phenols is 2. The largest absolute Gasteiger partial charge is 0.508 e. The van der Waals surface area contributed by atoms with Gasteiger partial charge in [-0.25, -0.2) is 0 Å². The Morgan fingerprint density at radius 1 is 0.741 bits per heavy atom.